The minimum absolute atomic E-state index is 0.0221. The van der Waals surface area contributed by atoms with Crippen molar-refractivity contribution in [3.8, 4) is 5.75 Å². The van der Waals surface area contributed by atoms with Gasteiger partial charge in [-0.3, -0.25) is 9.59 Å². The van der Waals surface area contributed by atoms with Gasteiger partial charge in [-0.1, -0.05) is 18.2 Å². The number of carbonyl (C=O) groups is 1. The van der Waals surface area contributed by atoms with Crippen LogP contribution in [0.3, 0.4) is 0 Å². The monoisotopic (exact) mass is 286 g/mol. The minimum atomic E-state index is -0.303. The molecular weight excluding hydrogens is 268 g/mol. The van der Waals surface area contributed by atoms with Crippen LogP contribution in [0.15, 0.2) is 47.3 Å². The summed E-state index contributed by atoms with van der Waals surface area (Å²) in [5.74, 6) is -0.104. The zero-order chi connectivity index (χ0) is 15.1. The third-order valence-corrected chi connectivity index (χ3v) is 3.08. The second-order valence-electron chi connectivity index (χ2n) is 4.81. The predicted octanol–water partition coefficient (Wildman–Crippen LogP) is 1.83. The molecule has 3 N–H and O–H groups in total. The van der Waals surface area contributed by atoms with Crippen molar-refractivity contribution in [3.63, 3.8) is 0 Å². The van der Waals surface area contributed by atoms with Crippen molar-refractivity contribution in [2.24, 2.45) is 0 Å². The molecule has 0 atom stereocenters. The van der Waals surface area contributed by atoms with Crippen LogP contribution >= 0.6 is 0 Å². The van der Waals surface area contributed by atoms with Crippen molar-refractivity contribution in [2.45, 2.75) is 19.3 Å². The minimum Gasteiger partial charge on any atom is -0.508 e. The highest BCUT2D eigenvalue weighted by Crippen LogP contribution is 2.08. The number of aryl methyl sites for hydroxylation is 1. The number of hydrogen-bond donors (Lipinski definition) is 3. The van der Waals surface area contributed by atoms with Gasteiger partial charge in [-0.2, -0.15) is 0 Å². The summed E-state index contributed by atoms with van der Waals surface area (Å²) in [5, 5.41) is 12.2. The molecule has 0 saturated heterocycles. The first-order valence-corrected chi connectivity index (χ1v) is 6.90. The molecule has 1 heterocycles. The fourth-order valence-corrected chi connectivity index (χ4v) is 2.05. The molecule has 0 saturated carbocycles. The van der Waals surface area contributed by atoms with E-state index in [1.807, 2.05) is 18.2 Å². The maximum atomic E-state index is 11.8. The molecule has 5 nitrogen and oxygen atoms in total. The fourth-order valence-electron chi connectivity index (χ4n) is 2.05. The van der Waals surface area contributed by atoms with E-state index in [9.17, 15) is 14.7 Å². The second-order valence-corrected chi connectivity index (χ2v) is 4.81. The largest absolute Gasteiger partial charge is 0.508 e. The molecule has 0 spiro atoms. The Balaban J connectivity index is 1.70. The van der Waals surface area contributed by atoms with Gasteiger partial charge in [0.1, 0.15) is 5.75 Å². The number of aromatic nitrogens is 1. The van der Waals surface area contributed by atoms with Crippen LogP contribution in [0.25, 0.3) is 0 Å². The van der Waals surface area contributed by atoms with Gasteiger partial charge in [0.25, 0.3) is 11.5 Å². The summed E-state index contributed by atoms with van der Waals surface area (Å²) in [4.78, 5) is 25.6. The standard InChI is InChI=1S/C16H18N2O3/c19-14-10-13(18-15(20)11-14)8-4-5-9-17-16(21)12-6-2-1-3-7-12/h1-3,6-7,10-11H,4-5,8-9H2,(H,17,21)(H2,18,19,20). The van der Waals surface area contributed by atoms with Gasteiger partial charge in [-0.15, -0.1) is 0 Å². The molecule has 1 aromatic carbocycles. The van der Waals surface area contributed by atoms with Crippen molar-refractivity contribution in [1.82, 2.24) is 10.3 Å². The zero-order valence-corrected chi connectivity index (χ0v) is 11.6. The van der Waals surface area contributed by atoms with Crippen molar-refractivity contribution in [3.05, 3.63) is 64.1 Å². The zero-order valence-electron chi connectivity index (χ0n) is 11.6. The van der Waals surface area contributed by atoms with E-state index in [0.29, 0.717) is 24.2 Å². The summed E-state index contributed by atoms with van der Waals surface area (Å²) in [6.07, 6.45) is 2.27. The summed E-state index contributed by atoms with van der Waals surface area (Å²) in [7, 11) is 0. The number of aromatic amines is 1. The average molecular weight is 286 g/mol. The normalized spacial score (nSPS) is 10.3. The van der Waals surface area contributed by atoms with E-state index in [2.05, 4.69) is 10.3 Å². The lowest BCUT2D eigenvalue weighted by Gasteiger charge is -2.05. The smallest absolute Gasteiger partial charge is 0.251 e. The molecule has 110 valence electrons. The van der Waals surface area contributed by atoms with Crippen LogP contribution in [-0.2, 0) is 6.42 Å². The molecule has 0 aliphatic carbocycles. The molecule has 1 amide bonds. The van der Waals surface area contributed by atoms with Gasteiger partial charge in [0.05, 0.1) is 0 Å². The van der Waals surface area contributed by atoms with Gasteiger partial charge < -0.3 is 15.4 Å². The van der Waals surface area contributed by atoms with Crippen LogP contribution in [0, 0.1) is 0 Å². The Morgan fingerprint density at radius 1 is 1.14 bits per heavy atom. The number of carbonyl (C=O) groups excluding carboxylic acids is 1. The number of nitrogens with one attached hydrogen (secondary N) is 2. The quantitative estimate of drug-likeness (QED) is 0.709. The SMILES string of the molecule is O=C(NCCCCc1cc(O)cc(=O)[nH]1)c1ccccc1. The number of H-pyrrole nitrogens is 1. The van der Waals surface area contributed by atoms with E-state index in [1.54, 1.807) is 18.2 Å². The van der Waals surface area contributed by atoms with Crippen LogP contribution < -0.4 is 10.9 Å². The molecule has 5 heteroatoms. The lowest BCUT2D eigenvalue weighted by Crippen LogP contribution is -2.24. The second kappa shape index (κ2) is 7.28. The highest BCUT2D eigenvalue weighted by Gasteiger charge is 2.03. The number of hydrogen-bond acceptors (Lipinski definition) is 3. The summed E-state index contributed by atoms with van der Waals surface area (Å²) in [6, 6.07) is 11.8. The van der Waals surface area contributed by atoms with Gasteiger partial charge in [0.2, 0.25) is 0 Å². The molecule has 0 aliphatic rings. The Kier molecular flexibility index (Phi) is 5.15. The van der Waals surface area contributed by atoms with Crippen molar-refractivity contribution in [1.29, 1.82) is 0 Å². The van der Waals surface area contributed by atoms with Gasteiger partial charge in [-0.05, 0) is 37.5 Å². The first-order chi connectivity index (χ1) is 10.1. The Morgan fingerprint density at radius 3 is 2.62 bits per heavy atom. The Bertz CT molecular complexity index is 650. The summed E-state index contributed by atoms with van der Waals surface area (Å²) in [6.45, 7) is 0.580. The van der Waals surface area contributed by atoms with Gasteiger partial charge in [0, 0.05) is 23.9 Å². The molecule has 21 heavy (non-hydrogen) atoms. The van der Waals surface area contributed by atoms with Gasteiger partial charge in [0.15, 0.2) is 0 Å². The van der Waals surface area contributed by atoms with Crippen LogP contribution in [0.4, 0.5) is 0 Å². The van der Waals surface area contributed by atoms with E-state index in [0.717, 1.165) is 18.9 Å². The molecule has 0 bridgehead atoms. The number of benzene rings is 1. The van der Waals surface area contributed by atoms with Gasteiger partial charge >= 0.3 is 0 Å². The molecule has 1 aromatic heterocycles. The summed E-state index contributed by atoms with van der Waals surface area (Å²) < 4.78 is 0. The highest BCUT2D eigenvalue weighted by atomic mass is 16.3. The molecule has 0 unspecified atom stereocenters. The van der Waals surface area contributed by atoms with E-state index in [-0.39, 0.29) is 17.2 Å². The molecule has 2 aromatic rings. The van der Waals surface area contributed by atoms with Gasteiger partial charge in [-0.25, -0.2) is 0 Å². The topological polar surface area (TPSA) is 82.2 Å². The predicted molar refractivity (Wildman–Crippen MR) is 80.4 cm³/mol. The first kappa shape index (κ1) is 14.8. The average Bonchev–Trinajstić information content (AvgIpc) is 2.46. The molecular formula is C16H18N2O3. The molecule has 0 fully saturated rings. The number of amides is 1. The number of pyridine rings is 1. The van der Waals surface area contributed by atoms with Crippen LogP contribution in [-0.4, -0.2) is 22.5 Å². The number of unbranched alkanes of at least 4 members (excludes halogenated alkanes) is 1. The van der Waals surface area contributed by atoms with E-state index in [1.165, 1.54) is 0 Å². The lowest BCUT2D eigenvalue weighted by molar-refractivity contribution is 0.0953. The Labute approximate surface area is 122 Å². The summed E-state index contributed by atoms with van der Waals surface area (Å²) >= 11 is 0. The highest BCUT2D eigenvalue weighted by molar-refractivity contribution is 5.94. The van der Waals surface area contributed by atoms with Crippen LogP contribution in [0.5, 0.6) is 5.75 Å². The number of aromatic hydroxyl groups is 1. The first-order valence-electron chi connectivity index (χ1n) is 6.90. The Hall–Kier alpha value is -2.56. The molecule has 2 rings (SSSR count). The molecule has 0 aliphatic heterocycles. The van der Waals surface area contributed by atoms with Crippen molar-refractivity contribution < 1.29 is 9.90 Å². The van der Waals surface area contributed by atoms with Crippen molar-refractivity contribution in [2.75, 3.05) is 6.54 Å². The van der Waals surface area contributed by atoms with Crippen molar-refractivity contribution >= 4 is 5.91 Å². The van der Waals surface area contributed by atoms with Crippen LogP contribution in [0.2, 0.25) is 0 Å². The maximum absolute atomic E-state index is 11.8. The maximum Gasteiger partial charge on any atom is 0.251 e. The third kappa shape index (κ3) is 4.80. The fraction of sp³-hybridized carbons (Fsp3) is 0.250. The van der Waals surface area contributed by atoms with E-state index >= 15 is 0 Å². The molecule has 0 radical (unpaired) electrons. The third-order valence-electron chi connectivity index (χ3n) is 3.08. The van der Waals surface area contributed by atoms with Crippen LogP contribution in [0.1, 0.15) is 28.9 Å². The Morgan fingerprint density at radius 2 is 1.90 bits per heavy atom. The van der Waals surface area contributed by atoms with E-state index in [4.69, 9.17) is 0 Å². The number of rotatable bonds is 6. The van der Waals surface area contributed by atoms with E-state index < -0.39 is 0 Å². The summed E-state index contributed by atoms with van der Waals surface area (Å²) in [5.41, 5.74) is 1.05. The lowest BCUT2D eigenvalue weighted by atomic mass is 10.1.